The first-order valence-corrected chi connectivity index (χ1v) is 6.33. The Bertz CT molecular complexity index is 251. The Morgan fingerprint density at radius 3 is 1.50 bits per heavy atom. The third-order valence-electron chi connectivity index (χ3n) is 2.78. The largest absolute Gasteiger partial charge is 2.00 e. The molecule has 0 saturated heterocycles. The van der Waals surface area contributed by atoms with Crippen LogP contribution in [0.1, 0.15) is 32.1 Å². The van der Waals surface area contributed by atoms with E-state index >= 15 is 0 Å². The summed E-state index contributed by atoms with van der Waals surface area (Å²) in [7, 11) is -4.67. The topological polar surface area (TPSA) is 127 Å². The second kappa shape index (κ2) is 8.55. The van der Waals surface area contributed by atoms with Crippen LogP contribution in [-0.4, -0.2) is 30.6 Å². The Balaban J connectivity index is 0. The minimum absolute atomic E-state index is 0. The molecule has 0 heterocycles. The smallest absolute Gasteiger partial charge is 0.330 e. The monoisotopic (exact) mass is 435 g/mol. The van der Waals surface area contributed by atoms with Gasteiger partial charge in [0.2, 0.25) is 0 Å². The van der Waals surface area contributed by atoms with Crippen LogP contribution in [0, 0.1) is 5.41 Å². The molecule has 1 aliphatic carbocycles. The van der Waals surface area contributed by atoms with Gasteiger partial charge in [-0.25, -0.2) is 0 Å². The molecule has 0 aliphatic heterocycles. The summed E-state index contributed by atoms with van der Waals surface area (Å²) in [6.07, 6.45) is 6.53. The molecular formula is C8H20N2O4PtS+2. The van der Waals surface area contributed by atoms with Crippen molar-refractivity contribution in [2.45, 2.75) is 32.1 Å². The molecule has 6 N–H and O–H groups in total. The zero-order chi connectivity index (χ0) is 11.9. The molecule has 0 aromatic carbocycles. The number of hydrogen-bond donors (Lipinski definition) is 4. The van der Waals surface area contributed by atoms with E-state index in [0.29, 0.717) is 5.41 Å². The number of nitrogens with two attached hydrogens (primary N) is 2. The van der Waals surface area contributed by atoms with E-state index < -0.39 is 10.4 Å². The fourth-order valence-corrected chi connectivity index (χ4v) is 1.79. The first kappa shape index (κ1) is 18.8. The Hall–Kier alpha value is 0.478. The predicted molar refractivity (Wildman–Crippen MR) is 57.8 cm³/mol. The van der Waals surface area contributed by atoms with Crippen molar-refractivity contribution in [1.82, 2.24) is 0 Å². The summed E-state index contributed by atoms with van der Waals surface area (Å²) < 4.78 is 31.6. The van der Waals surface area contributed by atoms with Gasteiger partial charge in [-0.3, -0.25) is 9.11 Å². The van der Waals surface area contributed by atoms with Crippen LogP contribution < -0.4 is 11.5 Å². The molecule has 0 spiro atoms. The quantitative estimate of drug-likeness (QED) is 0.459. The zero-order valence-electron chi connectivity index (χ0n) is 9.04. The van der Waals surface area contributed by atoms with Gasteiger partial charge in [0, 0.05) is 0 Å². The molecule has 1 aliphatic rings. The molecule has 0 unspecified atom stereocenters. The Kier molecular flexibility index (Phi) is 10.1. The van der Waals surface area contributed by atoms with Crippen LogP contribution in [0.15, 0.2) is 0 Å². The van der Waals surface area contributed by atoms with Crippen molar-refractivity contribution in [2.24, 2.45) is 16.9 Å². The maximum atomic E-state index is 8.74. The predicted octanol–water partition coefficient (Wildman–Crippen LogP) is 0.199. The van der Waals surface area contributed by atoms with Crippen LogP contribution in [0.4, 0.5) is 0 Å². The van der Waals surface area contributed by atoms with Gasteiger partial charge in [-0.1, -0.05) is 19.3 Å². The second-order valence-electron chi connectivity index (χ2n) is 3.92. The molecule has 100 valence electrons. The van der Waals surface area contributed by atoms with Gasteiger partial charge in [-0.2, -0.15) is 8.42 Å². The van der Waals surface area contributed by atoms with E-state index in [-0.39, 0.29) is 21.1 Å². The van der Waals surface area contributed by atoms with Crippen molar-refractivity contribution in [1.29, 1.82) is 0 Å². The van der Waals surface area contributed by atoms with Crippen LogP contribution in [0.25, 0.3) is 0 Å². The molecule has 6 nitrogen and oxygen atoms in total. The van der Waals surface area contributed by atoms with Crippen LogP contribution in [-0.2, 0) is 31.5 Å². The summed E-state index contributed by atoms with van der Waals surface area (Å²) >= 11 is 0. The Labute approximate surface area is 111 Å². The van der Waals surface area contributed by atoms with Gasteiger partial charge in [-0.15, -0.1) is 0 Å². The molecule has 0 radical (unpaired) electrons. The van der Waals surface area contributed by atoms with Gasteiger partial charge in [-0.05, 0) is 31.3 Å². The van der Waals surface area contributed by atoms with Crippen LogP contribution in [0.5, 0.6) is 0 Å². The minimum atomic E-state index is -4.67. The van der Waals surface area contributed by atoms with Crippen molar-refractivity contribution in [2.75, 3.05) is 13.1 Å². The average molecular weight is 435 g/mol. The maximum absolute atomic E-state index is 8.74. The molecule has 1 fully saturated rings. The van der Waals surface area contributed by atoms with Gasteiger partial charge < -0.3 is 11.5 Å². The average Bonchev–Trinajstić information content (AvgIpc) is 2.16. The SMILES string of the molecule is NCC1(CN)CCCCC1.O=S(=O)(O)O.[Pt+2]. The summed E-state index contributed by atoms with van der Waals surface area (Å²) in [6, 6.07) is 0. The molecule has 1 rings (SSSR count). The van der Waals surface area contributed by atoms with Gasteiger partial charge >= 0.3 is 31.5 Å². The molecule has 1 saturated carbocycles. The molecule has 8 heteroatoms. The van der Waals surface area contributed by atoms with E-state index in [1.54, 1.807) is 0 Å². The Morgan fingerprint density at radius 1 is 1.00 bits per heavy atom. The molecule has 0 bridgehead atoms. The van der Waals surface area contributed by atoms with Crippen molar-refractivity contribution in [3.8, 4) is 0 Å². The van der Waals surface area contributed by atoms with Crippen molar-refractivity contribution in [3.63, 3.8) is 0 Å². The Morgan fingerprint density at radius 2 is 1.31 bits per heavy atom. The molecular weight excluding hydrogens is 415 g/mol. The van der Waals surface area contributed by atoms with E-state index in [9.17, 15) is 0 Å². The first-order valence-electron chi connectivity index (χ1n) is 4.93. The van der Waals surface area contributed by atoms with Gasteiger partial charge in [0.25, 0.3) is 0 Å². The van der Waals surface area contributed by atoms with Crippen molar-refractivity contribution >= 4 is 10.4 Å². The third kappa shape index (κ3) is 9.69. The molecule has 0 atom stereocenters. The molecule has 16 heavy (non-hydrogen) atoms. The molecule has 0 aromatic heterocycles. The van der Waals surface area contributed by atoms with E-state index in [4.69, 9.17) is 29.0 Å². The fourth-order valence-electron chi connectivity index (χ4n) is 1.79. The zero-order valence-corrected chi connectivity index (χ0v) is 12.1. The maximum Gasteiger partial charge on any atom is 2.00 e. The van der Waals surface area contributed by atoms with Gasteiger partial charge in [0.15, 0.2) is 0 Å². The van der Waals surface area contributed by atoms with Crippen molar-refractivity contribution < 1.29 is 38.6 Å². The normalized spacial score (nSPS) is 19.0. The summed E-state index contributed by atoms with van der Waals surface area (Å²) in [5.41, 5.74) is 11.7. The first-order chi connectivity index (χ1) is 6.83. The fraction of sp³-hybridized carbons (Fsp3) is 1.00. The third-order valence-corrected chi connectivity index (χ3v) is 2.78. The summed E-state index contributed by atoms with van der Waals surface area (Å²) in [4.78, 5) is 0. The molecule has 0 amide bonds. The molecule has 0 aromatic rings. The van der Waals surface area contributed by atoms with Crippen molar-refractivity contribution in [3.05, 3.63) is 0 Å². The van der Waals surface area contributed by atoms with E-state index in [2.05, 4.69) is 0 Å². The van der Waals surface area contributed by atoms with E-state index in [1.807, 2.05) is 0 Å². The second-order valence-corrected chi connectivity index (χ2v) is 4.81. The van der Waals surface area contributed by atoms with Crippen LogP contribution in [0.2, 0.25) is 0 Å². The van der Waals surface area contributed by atoms with Gasteiger partial charge in [0.1, 0.15) is 0 Å². The standard InChI is InChI=1S/C8H18N2.H2O4S.Pt/c9-6-8(7-10)4-2-1-3-5-8;1-5(2,3)4;/h1-7,9-10H2;(H2,1,2,3,4);/q;;+2. The summed E-state index contributed by atoms with van der Waals surface area (Å²) in [6.45, 7) is 1.56. The summed E-state index contributed by atoms with van der Waals surface area (Å²) in [5, 5.41) is 0. The van der Waals surface area contributed by atoms with E-state index in [0.717, 1.165) is 13.1 Å². The van der Waals surface area contributed by atoms with E-state index in [1.165, 1.54) is 32.1 Å². The van der Waals surface area contributed by atoms with Crippen LogP contribution >= 0.6 is 0 Å². The van der Waals surface area contributed by atoms with Crippen LogP contribution in [0.3, 0.4) is 0 Å². The minimum Gasteiger partial charge on any atom is -0.330 e. The summed E-state index contributed by atoms with van der Waals surface area (Å²) in [5.74, 6) is 0. The number of hydrogen-bond acceptors (Lipinski definition) is 4. The number of rotatable bonds is 2. The van der Waals surface area contributed by atoms with Gasteiger partial charge in [0.05, 0.1) is 0 Å².